The molecule has 0 aliphatic heterocycles. The monoisotopic (exact) mass is 160 g/mol. The predicted molar refractivity (Wildman–Crippen MR) is 48.7 cm³/mol. The lowest BCUT2D eigenvalue weighted by Crippen LogP contribution is -2.06. The van der Waals surface area contributed by atoms with Gasteiger partial charge in [0.05, 0.1) is 13.2 Å². The summed E-state index contributed by atoms with van der Waals surface area (Å²) in [4.78, 5) is 0. The maximum atomic E-state index is 5.29. The number of allylic oxidation sites excluding steroid dienone is 1. The van der Waals surface area contributed by atoms with E-state index in [1.54, 1.807) is 0 Å². The van der Waals surface area contributed by atoms with Crippen molar-refractivity contribution in [3.05, 3.63) is 12.2 Å². The lowest BCUT2D eigenvalue weighted by atomic mass is 10.2. The van der Waals surface area contributed by atoms with Crippen LogP contribution in [0.5, 0.6) is 0 Å². The molecule has 0 aromatic rings. The van der Waals surface area contributed by atoms with Gasteiger partial charge in [0.2, 0.25) is 0 Å². The van der Waals surface area contributed by atoms with E-state index in [2.05, 4.69) is 19.6 Å². The second kappa shape index (κ2) is 7.16. The Labute approximate surface area is 68.9 Å². The molecule has 0 aromatic carbocycles. The van der Waals surface area contributed by atoms with Crippen molar-refractivity contribution in [3.63, 3.8) is 0 Å². The second-order valence-corrected chi connectivity index (χ2v) is 2.76. The molecule has 0 spiro atoms. The highest BCUT2D eigenvalue weighted by Crippen LogP contribution is 1.97. The smallest absolute Gasteiger partial charge is 0.0647 e. The Morgan fingerprint density at radius 1 is 1.60 bits per heavy atom. The van der Waals surface area contributed by atoms with Gasteiger partial charge in [-0.25, -0.2) is 0 Å². The van der Waals surface area contributed by atoms with E-state index in [9.17, 15) is 0 Å². The Hall–Kier alpha value is 0.0500. The fourth-order valence-electron chi connectivity index (χ4n) is 0.486. The van der Waals surface area contributed by atoms with Crippen molar-refractivity contribution in [3.8, 4) is 0 Å². The van der Waals surface area contributed by atoms with E-state index in [0.717, 1.165) is 19.0 Å². The molecule has 0 aliphatic rings. The van der Waals surface area contributed by atoms with Crippen LogP contribution in [-0.4, -0.2) is 19.0 Å². The van der Waals surface area contributed by atoms with Crippen molar-refractivity contribution >= 4 is 12.6 Å². The minimum absolute atomic E-state index is 0.564. The fourth-order valence-corrected chi connectivity index (χ4v) is 0.592. The molecule has 0 fully saturated rings. The van der Waals surface area contributed by atoms with Crippen LogP contribution in [0.25, 0.3) is 0 Å². The van der Waals surface area contributed by atoms with Gasteiger partial charge in [-0.15, -0.1) is 0 Å². The molecule has 0 heterocycles. The van der Waals surface area contributed by atoms with E-state index >= 15 is 0 Å². The zero-order valence-electron chi connectivity index (χ0n) is 6.71. The van der Waals surface area contributed by atoms with Crippen molar-refractivity contribution in [1.29, 1.82) is 0 Å². The van der Waals surface area contributed by atoms with Gasteiger partial charge < -0.3 is 4.74 Å². The van der Waals surface area contributed by atoms with Crippen molar-refractivity contribution in [2.75, 3.05) is 19.0 Å². The second-order valence-electron chi connectivity index (χ2n) is 2.39. The van der Waals surface area contributed by atoms with E-state index in [1.807, 2.05) is 19.1 Å². The lowest BCUT2D eigenvalue weighted by molar-refractivity contribution is 0.136. The van der Waals surface area contributed by atoms with Crippen LogP contribution in [0.4, 0.5) is 0 Å². The highest BCUT2D eigenvalue weighted by molar-refractivity contribution is 7.80. The number of ether oxygens (including phenoxy) is 1. The Morgan fingerprint density at radius 2 is 2.30 bits per heavy atom. The van der Waals surface area contributed by atoms with Gasteiger partial charge in [0.15, 0.2) is 0 Å². The summed E-state index contributed by atoms with van der Waals surface area (Å²) in [5.41, 5.74) is 0. The molecule has 0 radical (unpaired) electrons. The number of hydrogen-bond donors (Lipinski definition) is 1. The molecule has 0 aromatic heterocycles. The number of hydrogen-bond acceptors (Lipinski definition) is 2. The van der Waals surface area contributed by atoms with Crippen LogP contribution < -0.4 is 0 Å². The normalized spacial score (nSPS) is 14.3. The first-order chi connectivity index (χ1) is 4.81. The molecule has 1 unspecified atom stereocenters. The SMILES string of the molecule is CC=CCOCC(C)CS. The van der Waals surface area contributed by atoms with Crippen molar-refractivity contribution in [2.24, 2.45) is 5.92 Å². The summed E-state index contributed by atoms with van der Waals surface area (Å²) in [7, 11) is 0. The Kier molecular flexibility index (Phi) is 7.20. The first-order valence-corrected chi connectivity index (χ1v) is 4.24. The average molecular weight is 160 g/mol. The highest BCUT2D eigenvalue weighted by Gasteiger charge is 1.96. The third kappa shape index (κ3) is 6.17. The van der Waals surface area contributed by atoms with Gasteiger partial charge in [-0.1, -0.05) is 19.1 Å². The molecule has 1 atom stereocenters. The van der Waals surface area contributed by atoms with Crippen molar-refractivity contribution in [2.45, 2.75) is 13.8 Å². The van der Waals surface area contributed by atoms with Crippen LogP contribution in [0, 0.1) is 5.92 Å². The van der Waals surface area contributed by atoms with E-state index in [1.165, 1.54) is 0 Å². The maximum absolute atomic E-state index is 5.29. The Bertz CT molecular complexity index is 91.3. The third-order valence-electron chi connectivity index (χ3n) is 1.16. The summed E-state index contributed by atoms with van der Waals surface area (Å²) < 4.78 is 5.29. The van der Waals surface area contributed by atoms with Gasteiger partial charge in [-0.05, 0) is 18.6 Å². The van der Waals surface area contributed by atoms with Gasteiger partial charge in [0, 0.05) is 0 Å². The van der Waals surface area contributed by atoms with Gasteiger partial charge in [0.25, 0.3) is 0 Å². The van der Waals surface area contributed by atoms with Gasteiger partial charge in [-0.3, -0.25) is 0 Å². The molecule has 0 aliphatic carbocycles. The van der Waals surface area contributed by atoms with Crippen LogP contribution >= 0.6 is 12.6 Å². The van der Waals surface area contributed by atoms with Gasteiger partial charge >= 0.3 is 0 Å². The quantitative estimate of drug-likeness (QED) is 0.368. The summed E-state index contributed by atoms with van der Waals surface area (Å²) in [6.07, 6.45) is 4.00. The molecule has 0 rings (SSSR count). The molecule has 0 saturated heterocycles. The molecule has 0 bridgehead atoms. The number of rotatable bonds is 5. The Morgan fingerprint density at radius 3 is 2.80 bits per heavy atom. The Balaban J connectivity index is 3.03. The van der Waals surface area contributed by atoms with Crippen molar-refractivity contribution < 1.29 is 4.74 Å². The molecule has 0 N–H and O–H groups in total. The molecule has 0 amide bonds. The summed E-state index contributed by atoms with van der Waals surface area (Å²) in [5, 5.41) is 0. The fraction of sp³-hybridized carbons (Fsp3) is 0.750. The zero-order chi connectivity index (χ0) is 7.82. The van der Waals surface area contributed by atoms with Crippen LogP contribution in [0.15, 0.2) is 12.2 Å². The van der Waals surface area contributed by atoms with Gasteiger partial charge in [0.1, 0.15) is 0 Å². The first-order valence-electron chi connectivity index (χ1n) is 3.61. The molecule has 2 heteroatoms. The van der Waals surface area contributed by atoms with Crippen molar-refractivity contribution in [1.82, 2.24) is 0 Å². The minimum atomic E-state index is 0.564. The van der Waals surface area contributed by atoms with E-state index in [4.69, 9.17) is 4.74 Å². The summed E-state index contributed by atoms with van der Waals surface area (Å²) in [6.45, 7) is 5.66. The zero-order valence-corrected chi connectivity index (χ0v) is 7.60. The van der Waals surface area contributed by atoms with Crippen LogP contribution in [-0.2, 0) is 4.74 Å². The molecule has 0 saturated carbocycles. The predicted octanol–water partition coefficient (Wildman–Crippen LogP) is 2.15. The molecular formula is C8H16OS. The van der Waals surface area contributed by atoms with E-state index in [-0.39, 0.29) is 0 Å². The molecule has 60 valence electrons. The van der Waals surface area contributed by atoms with Gasteiger partial charge in [-0.2, -0.15) is 12.6 Å². The average Bonchev–Trinajstić information content (AvgIpc) is 1.98. The highest BCUT2D eigenvalue weighted by atomic mass is 32.1. The maximum Gasteiger partial charge on any atom is 0.0647 e. The largest absolute Gasteiger partial charge is 0.377 e. The van der Waals surface area contributed by atoms with E-state index in [0.29, 0.717) is 5.92 Å². The van der Waals surface area contributed by atoms with Crippen LogP contribution in [0.2, 0.25) is 0 Å². The van der Waals surface area contributed by atoms with Crippen LogP contribution in [0.3, 0.4) is 0 Å². The lowest BCUT2D eigenvalue weighted by Gasteiger charge is -2.06. The summed E-state index contributed by atoms with van der Waals surface area (Å²) >= 11 is 4.14. The topological polar surface area (TPSA) is 9.23 Å². The third-order valence-corrected chi connectivity index (χ3v) is 1.79. The summed E-state index contributed by atoms with van der Waals surface area (Å²) in [6, 6.07) is 0. The minimum Gasteiger partial charge on any atom is -0.377 e. The first kappa shape index (κ1) is 10.0. The standard InChI is InChI=1S/C8H16OS/c1-3-4-5-9-6-8(2)7-10/h3-4,8,10H,5-7H2,1-2H3. The summed E-state index contributed by atoms with van der Waals surface area (Å²) in [5.74, 6) is 1.46. The number of thiol groups is 1. The molecule has 10 heavy (non-hydrogen) atoms. The van der Waals surface area contributed by atoms with Crippen LogP contribution in [0.1, 0.15) is 13.8 Å². The molecule has 1 nitrogen and oxygen atoms in total. The molecular weight excluding hydrogens is 144 g/mol. The van der Waals surface area contributed by atoms with E-state index < -0.39 is 0 Å².